The SMILES string of the molecule is CS(=O)(=O)OCC1CCCC(C(F)(F)F)C1. The molecule has 0 saturated heterocycles. The quantitative estimate of drug-likeness (QED) is 0.731. The maximum Gasteiger partial charge on any atom is 0.391 e. The average molecular weight is 260 g/mol. The van der Waals surface area contributed by atoms with Crippen molar-refractivity contribution in [2.45, 2.75) is 31.9 Å². The van der Waals surface area contributed by atoms with E-state index in [9.17, 15) is 21.6 Å². The van der Waals surface area contributed by atoms with Gasteiger partial charge in [0, 0.05) is 0 Å². The molecule has 16 heavy (non-hydrogen) atoms. The highest BCUT2D eigenvalue weighted by Gasteiger charge is 2.42. The van der Waals surface area contributed by atoms with Gasteiger partial charge in [-0.2, -0.15) is 21.6 Å². The normalized spacial score (nSPS) is 28.0. The van der Waals surface area contributed by atoms with E-state index in [0.29, 0.717) is 12.8 Å². The second-order valence-electron chi connectivity index (χ2n) is 4.26. The predicted molar refractivity (Wildman–Crippen MR) is 52.3 cm³/mol. The second-order valence-corrected chi connectivity index (χ2v) is 5.90. The van der Waals surface area contributed by atoms with E-state index < -0.39 is 22.2 Å². The molecule has 0 radical (unpaired) electrons. The smallest absolute Gasteiger partial charge is 0.270 e. The van der Waals surface area contributed by atoms with Crippen LogP contribution in [0.4, 0.5) is 13.2 Å². The van der Waals surface area contributed by atoms with Gasteiger partial charge in [0.25, 0.3) is 10.1 Å². The first-order valence-corrected chi connectivity index (χ1v) is 6.91. The largest absolute Gasteiger partial charge is 0.391 e. The first-order valence-electron chi connectivity index (χ1n) is 5.09. The first-order chi connectivity index (χ1) is 7.18. The summed E-state index contributed by atoms with van der Waals surface area (Å²) in [7, 11) is -3.56. The molecule has 0 heterocycles. The number of halogens is 3. The molecule has 1 fully saturated rings. The minimum atomic E-state index is -4.18. The van der Waals surface area contributed by atoms with E-state index in [4.69, 9.17) is 0 Å². The van der Waals surface area contributed by atoms with E-state index in [0.717, 1.165) is 6.26 Å². The molecule has 0 amide bonds. The van der Waals surface area contributed by atoms with Crippen LogP contribution in [0.15, 0.2) is 0 Å². The third-order valence-corrected chi connectivity index (χ3v) is 3.33. The Hall–Kier alpha value is -0.300. The van der Waals surface area contributed by atoms with Crippen LogP contribution >= 0.6 is 0 Å². The minimum Gasteiger partial charge on any atom is -0.270 e. The molecule has 0 aromatic carbocycles. The molecule has 0 spiro atoms. The van der Waals surface area contributed by atoms with Crippen molar-refractivity contribution < 1.29 is 25.8 Å². The molecule has 3 nitrogen and oxygen atoms in total. The topological polar surface area (TPSA) is 43.4 Å². The fourth-order valence-corrected chi connectivity index (χ4v) is 2.40. The third-order valence-electron chi connectivity index (χ3n) is 2.76. The Bertz CT molecular complexity index is 323. The van der Waals surface area contributed by atoms with Gasteiger partial charge < -0.3 is 0 Å². The number of hydrogen-bond donors (Lipinski definition) is 0. The predicted octanol–water partition coefficient (Wildman–Crippen LogP) is 2.33. The molecule has 1 aliphatic rings. The standard InChI is InChI=1S/C9H15F3O3S/c1-16(13,14)15-6-7-3-2-4-8(5-7)9(10,11)12/h7-8H,2-6H2,1H3. The Labute approximate surface area is 93.1 Å². The van der Waals surface area contributed by atoms with Gasteiger partial charge >= 0.3 is 6.18 Å². The summed E-state index contributed by atoms with van der Waals surface area (Å²) in [6, 6.07) is 0. The van der Waals surface area contributed by atoms with Crippen LogP contribution in [-0.4, -0.2) is 27.5 Å². The summed E-state index contributed by atoms with van der Waals surface area (Å²) >= 11 is 0. The summed E-state index contributed by atoms with van der Waals surface area (Å²) in [5.41, 5.74) is 0. The lowest BCUT2D eigenvalue weighted by molar-refractivity contribution is -0.186. The average Bonchev–Trinajstić information content (AvgIpc) is 2.13. The molecule has 2 unspecified atom stereocenters. The second kappa shape index (κ2) is 4.91. The van der Waals surface area contributed by atoms with Gasteiger partial charge in [0.1, 0.15) is 0 Å². The molecule has 1 saturated carbocycles. The van der Waals surface area contributed by atoms with Crippen LogP contribution < -0.4 is 0 Å². The van der Waals surface area contributed by atoms with Gasteiger partial charge in [-0.1, -0.05) is 6.42 Å². The lowest BCUT2D eigenvalue weighted by atomic mass is 9.81. The van der Waals surface area contributed by atoms with Gasteiger partial charge in [0.2, 0.25) is 0 Å². The Morgan fingerprint density at radius 3 is 2.44 bits per heavy atom. The minimum absolute atomic E-state index is 0.0288. The molecule has 96 valence electrons. The van der Waals surface area contributed by atoms with E-state index in [1.807, 2.05) is 0 Å². The van der Waals surface area contributed by atoms with Crippen molar-refractivity contribution >= 4 is 10.1 Å². The van der Waals surface area contributed by atoms with Crippen LogP contribution in [0.5, 0.6) is 0 Å². The Morgan fingerprint density at radius 2 is 1.94 bits per heavy atom. The monoisotopic (exact) mass is 260 g/mol. The molecule has 0 bridgehead atoms. The zero-order valence-corrected chi connectivity index (χ0v) is 9.77. The summed E-state index contributed by atoms with van der Waals surface area (Å²) in [6.07, 6.45) is -2.09. The van der Waals surface area contributed by atoms with Crippen LogP contribution in [-0.2, 0) is 14.3 Å². The van der Waals surface area contributed by atoms with Crippen molar-refractivity contribution in [3.8, 4) is 0 Å². The van der Waals surface area contributed by atoms with E-state index in [1.54, 1.807) is 0 Å². The Kier molecular flexibility index (Phi) is 4.23. The summed E-state index contributed by atoms with van der Waals surface area (Å²) in [4.78, 5) is 0. The van der Waals surface area contributed by atoms with Crippen molar-refractivity contribution in [1.29, 1.82) is 0 Å². The Morgan fingerprint density at radius 1 is 1.31 bits per heavy atom. The van der Waals surface area contributed by atoms with Crippen molar-refractivity contribution in [3.05, 3.63) is 0 Å². The van der Waals surface area contributed by atoms with Gasteiger partial charge in [-0.25, -0.2) is 0 Å². The zero-order chi connectivity index (χ0) is 12.4. The van der Waals surface area contributed by atoms with Gasteiger partial charge in [0.05, 0.1) is 18.8 Å². The molecular formula is C9H15F3O3S. The number of rotatable bonds is 3. The highest BCUT2D eigenvalue weighted by Crippen LogP contribution is 2.39. The third kappa shape index (κ3) is 4.69. The van der Waals surface area contributed by atoms with Gasteiger partial charge in [-0.05, 0) is 25.2 Å². The molecule has 2 atom stereocenters. The molecule has 0 N–H and O–H groups in total. The van der Waals surface area contributed by atoms with Crippen LogP contribution in [0.3, 0.4) is 0 Å². The molecule has 0 aliphatic heterocycles. The molecule has 0 aromatic rings. The summed E-state index contributed by atoms with van der Waals surface area (Å²) in [5.74, 6) is -1.62. The van der Waals surface area contributed by atoms with Crippen molar-refractivity contribution in [1.82, 2.24) is 0 Å². The van der Waals surface area contributed by atoms with Gasteiger partial charge in [-0.15, -0.1) is 0 Å². The van der Waals surface area contributed by atoms with E-state index in [-0.39, 0.29) is 25.4 Å². The van der Waals surface area contributed by atoms with Gasteiger partial charge in [-0.3, -0.25) is 4.18 Å². The maximum atomic E-state index is 12.4. The van der Waals surface area contributed by atoms with Crippen LogP contribution in [0, 0.1) is 11.8 Å². The molecule has 7 heteroatoms. The van der Waals surface area contributed by atoms with Crippen molar-refractivity contribution in [2.24, 2.45) is 11.8 Å². The first kappa shape index (κ1) is 13.8. The summed E-state index contributed by atoms with van der Waals surface area (Å²) in [6.45, 7) is -0.134. The summed E-state index contributed by atoms with van der Waals surface area (Å²) in [5, 5.41) is 0. The fourth-order valence-electron chi connectivity index (χ4n) is 1.96. The Balaban J connectivity index is 2.45. The lowest BCUT2D eigenvalue weighted by Gasteiger charge is -2.29. The van der Waals surface area contributed by atoms with Crippen molar-refractivity contribution in [3.63, 3.8) is 0 Å². The van der Waals surface area contributed by atoms with Crippen LogP contribution in [0.2, 0.25) is 0 Å². The molecule has 0 aromatic heterocycles. The lowest BCUT2D eigenvalue weighted by Crippen LogP contribution is -2.30. The fraction of sp³-hybridized carbons (Fsp3) is 1.00. The zero-order valence-electron chi connectivity index (χ0n) is 8.96. The number of alkyl halides is 3. The number of hydrogen-bond acceptors (Lipinski definition) is 3. The highest BCUT2D eigenvalue weighted by atomic mass is 32.2. The molecule has 1 aliphatic carbocycles. The van der Waals surface area contributed by atoms with E-state index in [2.05, 4.69) is 4.18 Å². The van der Waals surface area contributed by atoms with Crippen LogP contribution in [0.25, 0.3) is 0 Å². The van der Waals surface area contributed by atoms with E-state index in [1.165, 1.54) is 0 Å². The van der Waals surface area contributed by atoms with Crippen molar-refractivity contribution in [2.75, 3.05) is 12.9 Å². The van der Waals surface area contributed by atoms with Gasteiger partial charge in [0.15, 0.2) is 0 Å². The van der Waals surface area contributed by atoms with Crippen LogP contribution in [0.1, 0.15) is 25.7 Å². The molecular weight excluding hydrogens is 245 g/mol. The summed E-state index contributed by atoms with van der Waals surface area (Å²) < 4.78 is 63.2. The maximum absolute atomic E-state index is 12.4. The molecule has 1 rings (SSSR count). The highest BCUT2D eigenvalue weighted by molar-refractivity contribution is 7.85. The van der Waals surface area contributed by atoms with E-state index >= 15 is 0 Å².